The van der Waals surface area contributed by atoms with Gasteiger partial charge in [-0.3, -0.25) is 0 Å². The van der Waals surface area contributed by atoms with Crippen molar-refractivity contribution in [1.82, 2.24) is 0 Å². The van der Waals surface area contributed by atoms with Gasteiger partial charge in [-0.1, -0.05) is 0 Å². The van der Waals surface area contributed by atoms with E-state index in [0.29, 0.717) is 0 Å². The summed E-state index contributed by atoms with van der Waals surface area (Å²) < 4.78 is 0.604. The molecule has 0 amide bonds. The molecule has 0 saturated carbocycles. The van der Waals surface area contributed by atoms with Crippen LogP contribution >= 0.6 is 17.0 Å². The molecule has 8 aromatic rings. The Balaban J connectivity index is 1.33. The van der Waals surface area contributed by atoms with Crippen molar-refractivity contribution in [2.24, 2.45) is 0 Å². The zero-order valence-corrected chi connectivity index (χ0v) is 61.7. The van der Waals surface area contributed by atoms with E-state index in [1.54, 1.807) is 0 Å². The van der Waals surface area contributed by atoms with Crippen LogP contribution in [0.3, 0.4) is 0 Å². The van der Waals surface area contributed by atoms with E-state index in [1.165, 1.54) is 123 Å². The summed E-state index contributed by atoms with van der Waals surface area (Å²) in [6.45, 7) is 44.6. The van der Waals surface area contributed by atoms with E-state index < -0.39 is 58.2 Å². The zero-order valence-electron chi connectivity index (χ0n) is 52.4. The van der Waals surface area contributed by atoms with Gasteiger partial charge < -0.3 is 0 Å². The number of allylic oxidation sites excluding steroid dienone is 2. The third-order valence-electron chi connectivity index (χ3n) is 18.6. The number of hydrogen-bond donors (Lipinski definition) is 0. The molecule has 0 N–H and O–H groups in total. The van der Waals surface area contributed by atoms with Crippen LogP contribution in [0, 0.1) is 0 Å². The van der Waals surface area contributed by atoms with Gasteiger partial charge in [0, 0.05) is 0 Å². The van der Waals surface area contributed by atoms with Crippen LogP contribution < -0.4 is 34.4 Å². The molecule has 0 aromatic heterocycles. The molecule has 0 fully saturated rings. The first kappa shape index (κ1) is 59.5. The van der Waals surface area contributed by atoms with Crippen molar-refractivity contribution < 1.29 is 16.4 Å². The molecule has 11 rings (SSSR count). The summed E-state index contributed by atoms with van der Waals surface area (Å²) in [5.41, 5.74) is 20.4. The molecule has 82 heavy (non-hydrogen) atoms. The van der Waals surface area contributed by atoms with Crippen molar-refractivity contribution in [3.05, 3.63) is 208 Å². The molecule has 421 valence electrons. The van der Waals surface area contributed by atoms with E-state index in [9.17, 15) is 17.0 Å². The predicted molar refractivity (Wildman–Crippen MR) is 378 cm³/mol. The van der Waals surface area contributed by atoms with Crippen molar-refractivity contribution in [3.8, 4) is 33.4 Å². The molecular formula is C74H87Cl2Si5Zr. The van der Waals surface area contributed by atoms with Gasteiger partial charge in [0.05, 0.1) is 0 Å². The van der Waals surface area contributed by atoms with Crippen LogP contribution in [0.15, 0.2) is 164 Å². The summed E-state index contributed by atoms with van der Waals surface area (Å²) in [5.74, 6) is 0. The topological polar surface area (TPSA) is 0 Å². The Bertz CT molecular complexity index is 3670. The summed E-state index contributed by atoms with van der Waals surface area (Å²) in [6.07, 6.45) is 5.19. The number of hydrogen-bond acceptors (Lipinski definition) is 0. The van der Waals surface area contributed by atoms with Crippen LogP contribution in [0.2, 0.25) is 78.6 Å². The van der Waals surface area contributed by atoms with Gasteiger partial charge in [-0.2, -0.15) is 0 Å². The Labute approximate surface area is 508 Å². The fourth-order valence-corrected chi connectivity index (χ4v) is 46.0. The van der Waals surface area contributed by atoms with Crippen molar-refractivity contribution in [2.45, 2.75) is 138 Å². The number of fused-ring (bicyclic) bond motifs is 5. The number of halogens is 2. The van der Waals surface area contributed by atoms with E-state index in [1.807, 2.05) is 0 Å². The summed E-state index contributed by atoms with van der Waals surface area (Å²) in [7, 11) is 11.9. The Morgan fingerprint density at radius 1 is 0.390 bits per heavy atom. The molecular weight excluding hydrogens is 1190 g/mol. The molecule has 0 nitrogen and oxygen atoms in total. The van der Waals surface area contributed by atoms with E-state index in [-0.39, 0.29) is 18.1 Å². The maximum atomic E-state index is 10.0. The van der Waals surface area contributed by atoms with Gasteiger partial charge in [-0.25, -0.2) is 0 Å². The van der Waals surface area contributed by atoms with Gasteiger partial charge in [0.15, 0.2) is 0 Å². The molecule has 0 saturated heterocycles. The van der Waals surface area contributed by atoms with Crippen LogP contribution in [0.4, 0.5) is 0 Å². The van der Waals surface area contributed by atoms with Crippen LogP contribution in [0.5, 0.6) is 0 Å². The third-order valence-corrected chi connectivity index (χ3v) is 49.1. The molecule has 0 radical (unpaired) electrons. The van der Waals surface area contributed by atoms with Gasteiger partial charge in [-0.15, -0.1) is 0 Å². The normalized spacial score (nSPS) is 17.2. The van der Waals surface area contributed by atoms with Crippen molar-refractivity contribution >= 4 is 117 Å². The molecule has 1 aliphatic heterocycles. The van der Waals surface area contributed by atoms with Gasteiger partial charge in [0.1, 0.15) is 0 Å². The zero-order chi connectivity index (χ0) is 59.1. The molecule has 8 aromatic carbocycles. The Hall–Kier alpha value is -4.21. The Morgan fingerprint density at radius 2 is 0.756 bits per heavy atom. The van der Waals surface area contributed by atoms with Crippen molar-refractivity contribution in [1.29, 1.82) is 0 Å². The molecule has 8 heteroatoms. The Morgan fingerprint density at radius 3 is 1.13 bits per heavy atom. The van der Waals surface area contributed by atoms with E-state index in [2.05, 4.69) is 296 Å². The van der Waals surface area contributed by atoms with E-state index >= 15 is 0 Å². The van der Waals surface area contributed by atoms with Gasteiger partial charge in [-0.05, 0) is 0 Å². The van der Waals surface area contributed by atoms with Crippen molar-refractivity contribution in [3.63, 3.8) is 0 Å². The van der Waals surface area contributed by atoms with E-state index in [0.717, 1.165) is 0 Å². The second-order valence-electron chi connectivity index (χ2n) is 30.7. The monoisotopic (exact) mass is 1280 g/mol. The molecule has 2 aliphatic carbocycles. The predicted octanol–water partition coefficient (Wildman–Crippen LogP) is 17.1. The molecule has 1 heterocycles. The Kier molecular flexibility index (Phi) is 14.9. The van der Waals surface area contributed by atoms with Gasteiger partial charge in [0.25, 0.3) is 0 Å². The van der Waals surface area contributed by atoms with Crippen LogP contribution in [0.25, 0.3) is 56.7 Å². The first-order chi connectivity index (χ1) is 38.1. The number of benzene rings is 8. The SMILES string of the molecule is CC(C)(C)c1ccc2c(c1-c1cc([Si](C)(C)C)cc([Si](C)(C)C)c1)C=C(c1ccccc1)[CH]2[Zr]([Cl])([Cl])([c]1cccc2c1[SiH2]c1ccccc1-2)[CH]1C(c2ccccc2)=Cc2c1ccc(C(C)(C)C)c2-c1cc([Si](C)(C)C)cc([Si](C)(C)C)c1. The quantitative estimate of drug-likeness (QED) is 0.113. The van der Waals surface area contributed by atoms with Gasteiger partial charge >= 0.3 is 513 Å². The second kappa shape index (κ2) is 20.5. The molecule has 0 spiro atoms. The van der Waals surface area contributed by atoms with E-state index in [4.69, 9.17) is 0 Å². The molecule has 0 bridgehead atoms. The standard InChI is InChI=1S/2C31H39Si2.C12H9Si.2ClH.Zr/c2*1-31(2,3)29-16-15-23-17-24(22-13-11-10-12-14-22)20-28(23)30(29)25-18-26(32(4,5)6)21-27(19-25)33(7,8)9;1-3-7-11-9(5-1)10-6-2-4-8-12(10)13-11;;;/h2*10-21H,1-9H3;1-7H,13H2;2*1H;/q;;;;;+2/p-2. The maximum absolute atomic E-state index is 10.0. The summed E-state index contributed by atoms with van der Waals surface area (Å²) >= 11 is -6.23. The fourth-order valence-electron chi connectivity index (χ4n) is 14.0. The average Bonchev–Trinajstić information content (AvgIpc) is 1.44. The van der Waals surface area contributed by atoms with Gasteiger partial charge in [0.2, 0.25) is 0 Å². The molecule has 2 unspecified atom stereocenters. The van der Waals surface area contributed by atoms with Crippen LogP contribution in [-0.4, -0.2) is 41.8 Å². The van der Waals surface area contributed by atoms with Crippen molar-refractivity contribution in [2.75, 3.05) is 0 Å². The average molecular weight is 1280 g/mol. The van der Waals surface area contributed by atoms with Crippen LogP contribution in [0.1, 0.15) is 93.3 Å². The van der Waals surface area contributed by atoms with Crippen LogP contribution in [-0.2, 0) is 27.2 Å². The fraction of sp³-hybridized carbons (Fsp3) is 0.297. The second-order valence-corrected chi connectivity index (χ2v) is 73.4. The summed E-state index contributed by atoms with van der Waals surface area (Å²) in [5, 5.41) is 8.98. The third kappa shape index (κ3) is 10.3. The molecule has 2 atom stereocenters. The summed E-state index contributed by atoms with van der Waals surface area (Å²) in [6, 6.07) is 64.3. The summed E-state index contributed by atoms with van der Waals surface area (Å²) in [4.78, 5) is 0. The first-order valence-electron chi connectivity index (χ1n) is 30.2. The minimum absolute atomic E-state index is 0.161. The molecule has 3 aliphatic rings. The number of rotatable bonds is 11. The first-order valence-corrected chi connectivity index (χ1v) is 56.0. The minimum atomic E-state index is -6.23.